The fourth-order valence-corrected chi connectivity index (χ4v) is 3.11. The van der Waals surface area contributed by atoms with Crippen molar-refractivity contribution in [1.29, 1.82) is 0 Å². The summed E-state index contributed by atoms with van der Waals surface area (Å²) in [6, 6.07) is 0. The van der Waals surface area contributed by atoms with E-state index in [0.717, 1.165) is 36.8 Å². The molecule has 2 aromatic heterocycles. The van der Waals surface area contributed by atoms with Gasteiger partial charge in [-0.15, -0.1) is 11.3 Å². The van der Waals surface area contributed by atoms with Crippen LogP contribution in [-0.4, -0.2) is 40.5 Å². The van der Waals surface area contributed by atoms with Gasteiger partial charge in [0.15, 0.2) is 4.96 Å². The summed E-state index contributed by atoms with van der Waals surface area (Å²) in [5.41, 5.74) is 2.43. The first-order valence-electron chi connectivity index (χ1n) is 7.10. The van der Waals surface area contributed by atoms with E-state index in [2.05, 4.69) is 51.9 Å². The molecule has 2 rings (SSSR count). The van der Waals surface area contributed by atoms with Gasteiger partial charge in [-0.2, -0.15) is 0 Å². The molecule has 19 heavy (non-hydrogen) atoms. The normalized spacial score (nSPS) is 11.8. The van der Waals surface area contributed by atoms with Gasteiger partial charge in [-0.3, -0.25) is 4.40 Å². The molecule has 1 N–H and O–H groups in total. The third-order valence-corrected chi connectivity index (χ3v) is 4.33. The van der Waals surface area contributed by atoms with Gasteiger partial charge in [0.2, 0.25) is 0 Å². The minimum Gasteiger partial charge on any atom is -0.311 e. The molecule has 0 amide bonds. The number of nitrogens with one attached hydrogen (secondary N) is 1. The van der Waals surface area contributed by atoms with Crippen LogP contribution in [-0.2, 0) is 6.54 Å². The van der Waals surface area contributed by atoms with Crippen LogP contribution in [0.15, 0.2) is 11.6 Å². The molecule has 4 nitrogen and oxygen atoms in total. The van der Waals surface area contributed by atoms with Gasteiger partial charge >= 0.3 is 0 Å². The van der Waals surface area contributed by atoms with Gasteiger partial charge in [-0.1, -0.05) is 13.8 Å². The Morgan fingerprint density at radius 3 is 2.89 bits per heavy atom. The van der Waals surface area contributed by atoms with E-state index in [9.17, 15) is 0 Å². The lowest BCUT2D eigenvalue weighted by molar-refractivity contribution is 0.298. The molecule has 0 fully saturated rings. The van der Waals surface area contributed by atoms with Crippen molar-refractivity contribution in [2.75, 3.05) is 26.2 Å². The molecule has 0 atom stereocenters. The second-order valence-electron chi connectivity index (χ2n) is 4.76. The summed E-state index contributed by atoms with van der Waals surface area (Å²) in [6.07, 6.45) is 3.30. The zero-order valence-electron chi connectivity index (χ0n) is 12.1. The predicted octanol–water partition coefficient (Wildman–Crippen LogP) is 2.53. The average Bonchev–Trinajstić information content (AvgIpc) is 2.96. The van der Waals surface area contributed by atoms with E-state index in [0.29, 0.717) is 0 Å². The molecule has 0 spiro atoms. The molecule has 0 saturated heterocycles. The maximum Gasteiger partial charge on any atom is 0.194 e. The van der Waals surface area contributed by atoms with Gasteiger partial charge < -0.3 is 10.2 Å². The lowest BCUT2D eigenvalue weighted by Crippen LogP contribution is -2.27. The lowest BCUT2D eigenvalue weighted by Gasteiger charge is -2.17. The van der Waals surface area contributed by atoms with E-state index in [1.54, 1.807) is 11.3 Å². The molecular weight excluding hydrogens is 256 g/mol. The van der Waals surface area contributed by atoms with Gasteiger partial charge in [0, 0.05) is 18.1 Å². The first kappa shape index (κ1) is 14.5. The van der Waals surface area contributed by atoms with Crippen molar-refractivity contribution in [2.45, 2.75) is 33.7 Å². The highest BCUT2D eigenvalue weighted by molar-refractivity contribution is 7.15. The Morgan fingerprint density at radius 2 is 2.16 bits per heavy atom. The Kier molecular flexibility index (Phi) is 5.36. The van der Waals surface area contributed by atoms with Gasteiger partial charge in [0.25, 0.3) is 0 Å². The minimum atomic E-state index is 0.905. The lowest BCUT2D eigenvalue weighted by atomic mass is 10.3. The fourth-order valence-electron chi connectivity index (χ4n) is 2.33. The molecule has 2 aromatic rings. The molecule has 106 valence electrons. The molecule has 0 unspecified atom stereocenters. The molecule has 0 aliphatic rings. The van der Waals surface area contributed by atoms with Crippen molar-refractivity contribution in [3.8, 4) is 0 Å². The van der Waals surface area contributed by atoms with Crippen LogP contribution in [0.25, 0.3) is 4.96 Å². The summed E-state index contributed by atoms with van der Waals surface area (Å²) in [6.45, 7) is 12.0. The molecule has 0 radical (unpaired) electrons. The van der Waals surface area contributed by atoms with E-state index < -0.39 is 0 Å². The number of aromatic nitrogens is 2. The summed E-state index contributed by atoms with van der Waals surface area (Å²) >= 11 is 1.69. The highest BCUT2D eigenvalue weighted by atomic mass is 32.1. The van der Waals surface area contributed by atoms with Gasteiger partial charge in [-0.25, -0.2) is 4.98 Å². The predicted molar refractivity (Wildman–Crippen MR) is 81.9 cm³/mol. The maximum absolute atomic E-state index is 4.56. The van der Waals surface area contributed by atoms with Crippen LogP contribution < -0.4 is 5.32 Å². The van der Waals surface area contributed by atoms with Gasteiger partial charge in [-0.05, 0) is 39.5 Å². The molecule has 0 aliphatic heterocycles. The molecule has 2 heterocycles. The van der Waals surface area contributed by atoms with Crippen LogP contribution in [0.5, 0.6) is 0 Å². The zero-order valence-corrected chi connectivity index (χ0v) is 13.0. The summed E-state index contributed by atoms with van der Waals surface area (Å²) in [5, 5.41) is 5.62. The van der Waals surface area contributed by atoms with Crippen LogP contribution in [0.3, 0.4) is 0 Å². The summed E-state index contributed by atoms with van der Waals surface area (Å²) < 4.78 is 2.19. The fraction of sp³-hybridized carbons (Fsp3) is 0.643. The SMILES string of the molecule is CCN(CC)CCCNCc1c(C)nc2sccn12. The Hall–Kier alpha value is -0.910. The standard InChI is InChI=1S/C14H24N4S/c1-4-17(5-2)8-6-7-15-11-13-12(3)16-14-18(13)9-10-19-14/h9-10,15H,4-8,11H2,1-3H3. The summed E-state index contributed by atoms with van der Waals surface area (Å²) in [7, 11) is 0. The van der Waals surface area contributed by atoms with E-state index in [4.69, 9.17) is 0 Å². The quantitative estimate of drug-likeness (QED) is 0.754. The second kappa shape index (κ2) is 7.03. The number of imidazole rings is 1. The average molecular weight is 280 g/mol. The Morgan fingerprint density at radius 1 is 1.37 bits per heavy atom. The largest absolute Gasteiger partial charge is 0.311 e. The molecule has 0 saturated carbocycles. The first-order chi connectivity index (χ1) is 9.26. The molecule has 5 heteroatoms. The van der Waals surface area contributed by atoms with E-state index in [1.807, 2.05) is 0 Å². The highest BCUT2D eigenvalue weighted by Gasteiger charge is 2.08. The highest BCUT2D eigenvalue weighted by Crippen LogP contribution is 2.16. The van der Waals surface area contributed by atoms with Crippen LogP contribution in [0, 0.1) is 6.92 Å². The molecule has 0 aromatic carbocycles. The van der Waals surface area contributed by atoms with Crippen LogP contribution >= 0.6 is 11.3 Å². The topological polar surface area (TPSA) is 32.6 Å². The van der Waals surface area contributed by atoms with Gasteiger partial charge in [0.05, 0.1) is 11.4 Å². The minimum absolute atomic E-state index is 0.905. The van der Waals surface area contributed by atoms with Crippen LogP contribution in [0.4, 0.5) is 0 Å². The number of thiazole rings is 1. The summed E-state index contributed by atoms with van der Waals surface area (Å²) in [4.78, 5) is 8.12. The molecular formula is C14H24N4S. The van der Waals surface area contributed by atoms with Crippen LogP contribution in [0.2, 0.25) is 0 Å². The maximum atomic E-state index is 4.56. The molecule has 0 bridgehead atoms. The number of fused-ring (bicyclic) bond motifs is 1. The molecule has 0 aliphatic carbocycles. The van der Waals surface area contributed by atoms with E-state index >= 15 is 0 Å². The van der Waals surface area contributed by atoms with E-state index in [1.165, 1.54) is 18.7 Å². The van der Waals surface area contributed by atoms with Crippen molar-refractivity contribution in [3.63, 3.8) is 0 Å². The zero-order chi connectivity index (χ0) is 13.7. The number of nitrogens with zero attached hydrogens (tertiary/aromatic N) is 3. The van der Waals surface area contributed by atoms with Crippen LogP contribution in [0.1, 0.15) is 31.7 Å². The Bertz CT molecular complexity index is 498. The van der Waals surface area contributed by atoms with Crippen molar-refractivity contribution in [2.24, 2.45) is 0 Å². The number of hydrogen-bond donors (Lipinski definition) is 1. The number of rotatable bonds is 8. The third-order valence-electron chi connectivity index (χ3n) is 3.58. The Labute approximate surface area is 119 Å². The second-order valence-corrected chi connectivity index (χ2v) is 5.63. The van der Waals surface area contributed by atoms with Gasteiger partial charge in [0.1, 0.15) is 0 Å². The Balaban J connectivity index is 1.76. The van der Waals surface area contributed by atoms with Crippen molar-refractivity contribution in [1.82, 2.24) is 19.6 Å². The smallest absolute Gasteiger partial charge is 0.194 e. The van der Waals surface area contributed by atoms with Crippen molar-refractivity contribution < 1.29 is 0 Å². The van der Waals surface area contributed by atoms with E-state index in [-0.39, 0.29) is 0 Å². The van der Waals surface area contributed by atoms with Crippen molar-refractivity contribution >= 4 is 16.3 Å². The third kappa shape index (κ3) is 3.55. The summed E-state index contributed by atoms with van der Waals surface area (Å²) in [5.74, 6) is 0. The van der Waals surface area contributed by atoms with Crippen molar-refractivity contribution in [3.05, 3.63) is 23.0 Å². The number of aryl methyl sites for hydroxylation is 1. The number of hydrogen-bond acceptors (Lipinski definition) is 4. The monoisotopic (exact) mass is 280 g/mol. The first-order valence-corrected chi connectivity index (χ1v) is 7.98.